The van der Waals surface area contributed by atoms with E-state index in [-0.39, 0.29) is 5.78 Å². The molecule has 1 aliphatic carbocycles. The van der Waals surface area contributed by atoms with E-state index in [9.17, 15) is 4.79 Å². The Balaban J connectivity index is 2.16. The van der Waals surface area contributed by atoms with Crippen LogP contribution in [0.4, 0.5) is 0 Å². The molecule has 0 N–H and O–H groups in total. The Bertz CT molecular complexity index is 508. The largest absolute Gasteiger partial charge is 0.379 e. The third-order valence-corrected chi connectivity index (χ3v) is 3.64. The fraction of sp³-hybridized carbons (Fsp3) is 0.400. The van der Waals surface area contributed by atoms with Crippen molar-refractivity contribution in [3.63, 3.8) is 0 Å². The van der Waals surface area contributed by atoms with Gasteiger partial charge in [0.1, 0.15) is 5.60 Å². The van der Waals surface area contributed by atoms with Crippen molar-refractivity contribution in [2.75, 3.05) is 19.8 Å². The highest BCUT2D eigenvalue weighted by molar-refractivity contribution is 6.10. The average Bonchev–Trinajstić information content (AvgIpc) is 2.63. The van der Waals surface area contributed by atoms with Gasteiger partial charge in [0.2, 0.25) is 0 Å². The van der Waals surface area contributed by atoms with E-state index in [1.165, 1.54) is 0 Å². The summed E-state index contributed by atoms with van der Waals surface area (Å²) in [5.41, 5.74) is 2.02. The Hall–Kier alpha value is -1.45. The predicted molar refractivity (Wildman–Crippen MR) is 67.6 cm³/mol. The molecule has 1 spiro atoms. The number of ketones is 1. The van der Waals surface area contributed by atoms with Crippen LogP contribution in [0.1, 0.15) is 29.3 Å². The van der Waals surface area contributed by atoms with E-state index >= 15 is 0 Å². The Labute approximate surface area is 106 Å². The molecule has 1 fully saturated rings. The molecule has 0 saturated carbocycles. The van der Waals surface area contributed by atoms with Crippen molar-refractivity contribution in [1.29, 1.82) is 0 Å². The first kappa shape index (κ1) is 11.6. The second-order valence-electron chi connectivity index (χ2n) is 4.80. The lowest BCUT2D eigenvalue weighted by Crippen LogP contribution is -2.34. The van der Waals surface area contributed by atoms with E-state index in [0.29, 0.717) is 19.8 Å². The molecule has 0 amide bonds. The van der Waals surface area contributed by atoms with Gasteiger partial charge < -0.3 is 9.47 Å². The first-order valence-corrected chi connectivity index (χ1v) is 6.28. The lowest BCUT2D eigenvalue weighted by molar-refractivity contribution is -0.00799. The molecular weight excluding hydrogens is 228 g/mol. The molecular formula is C15H16O3. The van der Waals surface area contributed by atoms with Gasteiger partial charge >= 0.3 is 0 Å². The van der Waals surface area contributed by atoms with Gasteiger partial charge in [0.25, 0.3) is 0 Å². The van der Waals surface area contributed by atoms with Gasteiger partial charge in [-0.05, 0) is 24.1 Å². The van der Waals surface area contributed by atoms with Crippen LogP contribution in [-0.4, -0.2) is 25.6 Å². The van der Waals surface area contributed by atoms with E-state index in [2.05, 4.69) is 0 Å². The quantitative estimate of drug-likeness (QED) is 0.703. The number of rotatable bonds is 0. The Morgan fingerprint density at radius 2 is 2.00 bits per heavy atom. The summed E-state index contributed by atoms with van der Waals surface area (Å²) in [5.74, 6) is 0.102. The minimum atomic E-state index is -0.481. The second-order valence-corrected chi connectivity index (χ2v) is 4.80. The van der Waals surface area contributed by atoms with Gasteiger partial charge in [-0.1, -0.05) is 24.3 Å². The van der Waals surface area contributed by atoms with Crippen molar-refractivity contribution in [3.05, 3.63) is 47.0 Å². The first-order valence-electron chi connectivity index (χ1n) is 6.28. The number of allylic oxidation sites excluding steroid dienone is 1. The van der Waals surface area contributed by atoms with Gasteiger partial charge in [-0.3, -0.25) is 4.79 Å². The van der Waals surface area contributed by atoms with Gasteiger partial charge in [0, 0.05) is 12.0 Å². The molecule has 1 saturated heterocycles. The fourth-order valence-electron chi connectivity index (χ4n) is 2.76. The van der Waals surface area contributed by atoms with Crippen LogP contribution < -0.4 is 0 Å². The molecule has 0 radical (unpaired) electrons. The predicted octanol–water partition coefficient (Wildman–Crippen LogP) is 2.46. The molecule has 1 unspecified atom stereocenters. The molecule has 2 aliphatic rings. The van der Waals surface area contributed by atoms with E-state index in [0.717, 1.165) is 23.1 Å². The maximum absolute atomic E-state index is 12.2. The molecule has 1 atom stereocenters. The lowest BCUT2D eigenvalue weighted by atomic mass is 9.78. The van der Waals surface area contributed by atoms with Crippen LogP contribution >= 0.6 is 0 Å². The van der Waals surface area contributed by atoms with Gasteiger partial charge in [-0.25, -0.2) is 0 Å². The van der Waals surface area contributed by atoms with E-state index in [4.69, 9.17) is 9.47 Å². The minimum Gasteiger partial charge on any atom is -0.379 e. The summed E-state index contributed by atoms with van der Waals surface area (Å²) in [6.07, 6.45) is 2.72. The Morgan fingerprint density at radius 3 is 2.89 bits per heavy atom. The van der Waals surface area contributed by atoms with E-state index in [1.54, 1.807) is 0 Å². The van der Waals surface area contributed by atoms with Crippen molar-refractivity contribution in [1.82, 2.24) is 0 Å². The molecule has 1 aromatic carbocycles. The molecule has 1 aliphatic heterocycles. The maximum Gasteiger partial charge on any atom is 0.188 e. The standard InChI is InChI=1S/C15H16O3/c1-11-10-15(6-7-17-8-9-18-15)13-5-3-2-4-12(13)14(11)16/h2-5,10H,6-9H2,1H3. The Kier molecular flexibility index (Phi) is 2.80. The summed E-state index contributed by atoms with van der Waals surface area (Å²) < 4.78 is 11.5. The number of carbonyl (C=O) groups is 1. The highest BCUT2D eigenvalue weighted by Gasteiger charge is 2.39. The van der Waals surface area contributed by atoms with Gasteiger partial charge in [-0.2, -0.15) is 0 Å². The summed E-state index contributed by atoms with van der Waals surface area (Å²) in [5, 5.41) is 0. The van der Waals surface area contributed by atoms with Crippen molar-refractivity contribution in [2.24, 2.45) is 0 Å². The molecule has 0 aromatic heterocycles. The van der Waals surface area contributed by atoms with Crippen LogP contribution in [0.25, 0.3) is 0 Å². The summed E-state index contributed by atoms with van der Waals surface area (Å²) in [7, 11) is 0. The van der Waals surface area contributed by atoms with E-state index in [1.807, 2.05) is 37.3 Å². The molecule has 1 heterocycles. The lowest BCUT2D eigenvalue weighted by Gasteiger charge is -2.34. The monoisotopic (exact) mass is 244 g/mol. The third-order valence-electron chi connectivity index (χ3n) is 3.64. The smallest absolute Gasteiger partial charge is 0.188 e. The van der Waals surface area contributed by atoms with Crippen LogP contribution in [0.5, 0.6) is 0 Å². The summed E-state index contributed by atoms with van der Waals surface area (Å²) >= 11 is 0. The summed E-state index contributed by atoms with van der Waals surface area (Å²) in [6.45, 7) is 3.69. The van der Waals surface area contributed by atoms with Crippen LogP contribution in [0.15, 0.2) is 35.9 Å². The number of benzene rings is 1. The highest BCUT2D eigenvalue weighted by atomic mass is 16.5. The topological polar surface area (TPSA) is 35.5 Å². The van der Waals surface area contributed by atoms with Crippen LogP contribution in [0.2, 0.25) is 0 Å². The molecule has 3 heteroatoms. The minimum absolute atomic E-state index is 0.102. The van der Waals surface area contributed by atoms with Crippen LogP contribution in [-0.2, 0) is 15.1 Å². The van der Waals surface area contributed by atoms with Crippen LogP contribution in [0, 0.1) is 0 Å². The van der Waals surface area contributed by atoms with Gasteiger partial charge in [0.15, 0.2) is 5.78 Å². The number of carbonyl (C=O) groups excluding carboxylic acids is 1. The van der Waals surface area contributed by atoms with Crippen LogP contribution in [0.3, 0.4) is 0 Å². The summed E-state index contributed by atoms with van der Waals surface area (Å²) in [6, 6.07) is 7.72. The molecule has 94 valence electrons. The first-order chi connectivity index (χ1) is 8.73. The van der Waals surface area contributed by atoms with Crippen molar-refractivity contribution < 1.29 is 14.3 Å². The molecule has 3 nitrogen and oxygen atoms in total. The number of Topliss-reactive ketones (excluding diaryl/α,β-unsaturated/α-hetero) is 1. The molecule has 3 rings (SSSR count). The second kappa shape index (κ2) is 4.34. The number of ether oxygens (including phenoxy) is 2. The zero-order valence-corrected chi connectivity index (χ0v) is 10.4. The molecule has 18 heavy (non-hydrogen) atoms. The van der Waals surface area contributed by atoms with Crippen molar-refractivity contribution >= 4 is 5.78 Å². The average molecular weight is 244 g/mol. The number of hydrogen-bond donors (Lipinski definition) is 0. The Morgan fingerprint density at radius 1 is 1.17 bits per heavy atom. The van der Waals surface area contributed by atoms with Crippen molar-refractivity contribution in [2.45, 2.75) is 18.9 Å². The van der Waals surface area contributed by atoms with Crippen molar-refractivity contribution in [3.8, 4) is 0 Å². The number of hydrogen-bond acceptors (Lipinski definition) is 3. The zero-order valence-electron chi connectivity index (χ0n) is 10.4. The van der Waals surface area contributed by atoms with Gasteiger partial charge in [0.05, 0.1) is 19.8 Å². The van der Waals surface area contributed by atoms with Gasteiger partial charge in [-0.15, -0.1) is 0 Å². The van der Waals surface area contributed by atoms with E-state index < -0.39 is 5.60 Å². The number of fused-ring (bicyclic) bond motifs is 2. The summed E-state index contributed by atoms with van der Waals surface area (Å²) in [4.78, 5) is 12.2. The third kappa shape index (κ3) is 1.71. The fourth-order valence-corrected chi connectivity index (χ4v) is 2.76. The zero-order chi connectivity index (χ0) is 12.6. The normalized spacial score (nSPS) is 27.6. The molecule has 0 bridgehead atoms. The molecule has 1 aromatic rings. The maximum atomic E-state index is 12.2. The highest BCUT2D eigenvalue weighted by Crippen LogP contribution is 2.40. The SMILES string of the molecule is CC1=CC2(CCOCCO2)c2ccccc2C1=O.